The molecule has 0 amide bonds. The summed E-state index contributed by atoms with van der Waals surface area (Å²) in [5.41, 5.74) is 0.664. The molecule has 0 heterocycles. The number of ether oxygens (including phenoxy) is 1. The summed E-state index contributed by atoms with van der Waals surface area (Å²) in [6.45, 7) is 2.09. The quantitative estimate of drug-likeness (QED) is 0.740. The van der Waals surface area contributed by atoms with E-state index < -0.39 is 11.6 Å². The van der Waals surface area contributed by atoms with Crippen LogP contribution in [0.2, 0.25) is 0 Å². The number of halogens is 2. The van der Waals surface area contributed by atoms with Crippen molar-refractivity contribution in [1.29, 1.82) is 0 Å². The summed E-state index contributed by atoms with van der Waals surface area (Å²) in [5, 5.41) is 0. The molecule has 1 fully saturated rings. The normalized spacial score (nSPS) is 22.9. The third kappa shape index (κ3) is 2.05. The number of hydrogen-bond acceptors (Lipinski definition) is 2. The molecule has 1 saturated carbocycles. The molecule has 0 radical (unpaired) electrons. The maximum atomic E-state index is 13.0. The predicted molar refractivity (Wildman–Crippen MR) is 53.8 cm³/mol. The summed E-state index contributed by atoms with van der Waals surface area (Å²) in [5.74, 6) is -2.19. The minimum Gasteiger partial charge on any atom is -0.466 e. The molecule has 0 aliphatic heterocycles. The lowest BCUT2D eigenvalue weighted by Crippen LogP contribution is -2.07. The van der Waals surface area contributed by atoms with Crippen molar-refractivity contribution in [3.05, 3.63) is 35.4 Å². The minimum atomic E-state index is -0.869. The van der Waals surface area contributed by atoms with Gasteiger partial charge in [0, 0.05) is 0 Å². The Kier molecular flexibility index (Phi) is 2.90. The number of esters is 1. The van der Waals surface area contributed by atoms with Gasteiger partial charge in [-0.2, -0.15) is 0 Å². The summed E-state index contributed by atoms with van der Waals surface area (Å²) in [6, 6.07) is 3.76. The van der Waals surface area contributed by atoms with Crippen LogP contribution in [-0.4, -0.2) is 12.6 Å². The molecule has 0 saturated heterocycles. The van der Waals surface area contributed by atoms with Gasteiger partial charge in [-0.15, -0.1) is 0 Å². The Labute approximate surface area is 92.2 Å². The van der Waals surface area contributed by atoms with Gasteiger partial charge in [0.1, 0.15) is 0 Å². The van der Waals surface area contributed by atoms with Crippen molar-refractivity contribution in [2.24, 2.45) is 5.92 Å². The second-order valence-electron chi connectivity index (χ2n) is 3.87. The predicted octanol–water partition coefficient (Wildman–Crippen LogP) is 2.63. The third-order valence-corrected chi connectivity index (χ3v) is 2.75. The largest absolute Gasteiger partial charge is 0.466 e. The van der Waals surface area contributed by atoms with E-state index in [1.165, 1.54) is 6.07 Å². The van der Waals surface area contributed by atoms with Crippen LogP contribution in [0.4, 0.5) is 8.78 Å². The van der Waals surface area contributed by atoms with E-state index in [4.69, 9.17) is 4.74 Å². The lowest BCUT2D eigenvalue weighted by molar-refractivity contribution is -0.144. The van der Waals surface area contributed by atoms with Crippen molar-refractivity contribution < 1.29 is 18.3 Å². The van der Waals surface area contributed by atoms with Gasteiger partial charge < -0.3 is 4.74 Å². The standard InChI is InChI=1S/C12H12F2O2/c1-2-16-12(15)9-6-8(9)7-3-4-10(13)11(14)5-7/h3-5,8-9H,2,6H2,1H3/t8-,9-/m1/s1. The summed E-state index contributed by atoms with van der Waals surface area (Å²) in [7, 11) is 0. The molecule has 0 spiro atoms. The number of benzene rings is 1. The molecule has 1 aliphatic rings. The Morgan fingerprint density at radius 3 is 2.81 bits per heavy atom. The van der Waals surface area contributed by atoms with E-state index in [2.05, 4.69) is 0 Å². The van der Waals surface area contributed by atoms with Crippen molar-refractivity contribution in [3.63, 3.8) is 0 Å². The maximum absolute atomic E-state index is 13.0. The van der Waals surface area contributed by atoms with Crippen LogP contribution < -0.4 is 0 Å². The fourth-order valence-corrected chi connectivity index (χ4v) is 1.82. The van der Waals surface area contributed by atoms with Crippen LogP contribution in [0.15, 0.2) is 18.2 Å². The Balaban J connectivity index is 2.06. The first-order valence-corrected chi connectivity index (χ1v) is 5.25. The van der Waals surface area contributed by atoms with Gasteiger partial charge in [-0.25, -0.2) is 8.78 Å². The number of hydrogen-bond donors (Lipinski definition) is 0. The smallest absolute Gasteiger partial charge is 0.309 e. The summed E-state index contributed by atoms with van der Waals surface area (Å²) < 4.78 is 30.5. The maximum Gasteiger partial charge on any atom is 0.309 e. The van der Waals surface area contributed by atoms with Crippen LogP contribution in [0.25, 0.3) is 0 Å². The molecule has 0 N–H and O–H groups in total. The number of carbonyl (C=O) groups excluding carboxylic acids is 1. The lowest BCUT2D eigenvalue weighted by Gasteiger charge is -2.02. The zero-order valence-electron chi connectivity index (χ0n) is 8.87. The van der Waals surface area contributed by atoms with Gasteiger partial charge in [0.2, 0.25) is 0 Å². The Hall–Kier alpha value is -1.45. The SMILES string of the molecule is CCOC(=O)[C@@H]1C[C@@H]1c1ccc(F)c(F)c1. The molecule has 0 bridgehead atoms. The first kappa shape index (κ1) is 11.0. The highest BCUT2D eigenvalue weighted by atomic mass is 19.2. The topological polar surface area (TPSA) is 26.3 Å². The van der Waals surface area contributed by atoms with E-state index in [1.54, 1.807) is 6.92 Å². The van der Waals surface area contributed by atoms with Crippen LogP contribution in [0.1, 0.15) is 24.8 Å². The molecule has 86 valence electrons. The van der Waals surface area contributed by atoms with Crippen LogP contribution in [0.3, 0.4) is 0 Å². The summed E-state index contributed by atoms with van der Waals surface area (Å²) in [4.78, 5) is 11.4. The Bertz CT molecular complexity index is 417. The van der Waals surface area contributed by atoms with Crippen LogP contribution in [-0.2, 0) is 9.53 Å². The second-order valence-corrected chi connectivity index (χ2v) is 3.87. The summed E-state index contributed by atoms with van der Waals surface area (Å²) >= 11 is 0. The molecular formula is C12H12F2O2. The van der Waals surface area contributed by atoms with Crippen molar-refractivity contribution in [1.82, 2.24) is 0 Å². The fraction of sp³-hybridized carbons (Fsp3) is 0.417. The molecule has 1 aromatic rings. The highest BCUT2D eigenvalue weighted by Crippen LogP contribution is 2.48. The molecule has 16 heavy (non-hydrogen) atoms. The first-order chi connectivity index (χ1) is 7.63. The molecule has 2 rings (SSSR count). The third-order valence-electron chi connectivity index (χ3n) is 2.75. The van der Waals surface area contributed by atoms with E-state index >= 15 is 0 Å². The lowest BCUT2D eigenvalue weighted by atomic mass is 10.1. The van der Waals surface area contributed by atoms with E-state index in [0.717, 1.165) is 12.1 Å². The van der Waals surface area contributed by atoms with Crippen molar-refractivity contribution >= 4 is 5.97 Å². The van der Waals surface area contributed by atoms with Gasteiger partial charge in [-0.3, -0.25) is 4.79 Å². The van der Waals surface area contributed by atoms with Crippen molar-refractivity contribution in [2.45, 2.75) is 19.3 Å². The van der Waals surface area contributed by atoms with Crippen LogP contribution in [0, 0.1) is 17.6 Å². The zero-order chi connectivity index (χ0) is 11.7. The van der Waals surface area contributed by atoms with E-state index in [0.29, 0.717) is 18.6 Å². The molecule has 2 atom stereocenters. The Morgan fingerprint density at radius 2 is 2.19 bits per heavy atom. The van der Waals surface area contributed by atoms with Crippen molar-refractivity contribution in [3.8, 4) is 0 Å². The number of rotatable bonds is 3. The highest BCUT2D eigenvalue weighted by molar-refractivity contribution is 5.77. The molecule has 0 unspecified atom stereocenters. The van der Waals surface area contributed by atoms with Crippen molar-refractivity contribution in [2.75, 3.05) is 6.61 Å². The van der Waals surface area contributed by atoms with Crippen LogP contribution >= 0.6 is 0 Å². The van der Waals surface area contributed by atoms with Crippen LogP contribution in [0.5, 0.6) is 0 Å². The molecule has 4 heteroatoms. The number of carbonyl (C=O) groups is 1. The minimum absolute atomic E-state index is 0.0193. The monoisotopic (exact) mass is 226 g/mol. The fourth-order valence-electron chi connectivity index (χ4n) is 1.82. The second kappa shape index (κ2) is 4.20. The molecule has 0 aromatic heterocycles. The molecular weight excluding hydrogens is 214 g/mol. The van der Waals surface area contributed by atoms with E-state index in [-0.39, 0.29) is 17.8 Å². The first-order valence-electron chi connectivity index (χ1n) is 5.25. The van der Waals surface area contributed by atoms with Gasteiger partial charge in [0.05, 0.1) is 12.5 Å². The van der Waals surface area contributed by atoms with Gasteiger partial charge in [-0.05, 0) is 37.0 Å². The van der Waals surface area contributed by atoms with Gasteiger partial charge in [0.25, 0.3) is 0 Å². The van der Waals surface area contributed by atoms with Gasteiger partial charge in [-0.1, -0.05) is 6.07 Å². The summed E-state index contributed by atoms with van der Waals surface area (Å²) in [6.07, 6.45) is 0.657. The van der Waals surface area contributed by atoms with Gasteiger partial charge >= 0.3 is 5.97 Å². The van der Waals surface area contributed by atoms with E-state index in [1.807, 2.05) is 0 Å². The molecule has 1 aliphatic carbocycles. The molecule has 1 aromatic carbocycles. The van der Waals surface area contributed by atoms with E-state index in [9.17, 15) is 13.6 Å². The average molecular weight is 226 g/mol. The Morgan fingerprint density at radius 1 is 1.44 bits per heavy atom. The highest BCUT2D eigenvalue weighted by Gasteiger charge is 2.45. The molecule has 2 nitrogen and oxygen atoms in total. The average Bonchev–Trinajstić information content (AvgIpc) is 3.02. The zero-order valence-corrected chi connectivity index (χ0v) is 8.87. The van der Waals surface area contributed by atoms with Gasteiger partial charge in [0.15, 0.2) is 11.6 Å².